The molecule has 1 aliphatic heterocycles. The molecule has 1 fully saturated rings. The average Bonchev–Trinajstić information content (AvgIpc) is 2.64. The monoisotopic (exact) mass is 270 g/mol. The van der Waals surface area contributed by atoms with Crippen LogP contribution in [0.2, 0.25) is 5.02 Å². The van der Waals surface area contributed by atoms with E-state index in [2.05, 4.69) is 15.7 Å². The molecule has 0 aromatic carbocycles. The van der Waals surface area contributed by atoms with Gasteiger partial charge in [-0.1, -0.05) is 18.5 Å². The number of piperidine rings is 1. The van der Waals surface area contributed by atoms with Crippen LogP contribution >= 0.6 is 11.6 Å². The van der Waals surface area contributed by atoms with Crippen molar-refractivity contribution < 1.29 is 4.79 Å². The normalized spacial score (nSPS) is 19.9. The molecule has 0 aliphatic carbocycles. The van der Waals surface area contributed by atoms with E-state index in [0.717, 1.165) is 29.3 Å². The summed E-state index contributed by atoms with van der Waals surface area (Å²) in [6.45, 7) is 3.42. The summed E-state index contributed by atoms with van der Waals surface area (Å²) >= 11 is 6.28. The molecule has 2 rings (SSSR count). The number of carbonyl (C=O) groups is 1. The van der Waals surface area contributed by atoms with Crippen LogP contribution in [0.1, 0.15) is 31.2 Å². The number of nitrogens with zero attached hydrogens (tertiary/aromatic N) is 2. The van der Waals surface area contributed by atoms with Gasteiger partial charge in [0.05, 0.1) is 16.4 Å². The molecule has 1 atom stereocenters. The zero-order valence-electron chi connectivity index (χ0n) is 10.8. The third kappa shape index (κ3) is 2.84. The first-order valence-electron chi connectivity index (χ1n) is 6.32. The Labute approximate surface area is 112 Å². The number of carbonyl (C=O) groups excluding carboxylic acids is 1. The average molecular weight is 271 g/mol. The van der Waals surface area contributed by atoms with Crippen LogP contribution in [0.15, 0.2) is 0 Å². The van der Waals surface area contributed by atoms with Crippen LogP contribution < -0.4 is 10.6 Å². The number of hydrogen-bond acceptors (Lipinski definition) is 3. The lowest BCUT2D eigenvalue weighted by atomic mass is 10.1. The Morgan fingerprint density at radius 3 is 2.94 bits per heavy atom. The molecule has 0 spiro atoms. The Kier molecular flexibility index (Phi) is 4.24. The van der Waals surface area contributed by atoms with Gasteiger partial charge in [0.15, 0.2) is 0 Å². The molecule has 6 heteroatoms. The number of halogens is 1. The van der Waals surface area contributed by atoms with Gasteiger partial charge in [0, 0.05) is 32.6 Å². The second kappa shape index (κ2) is 5.71. The van der Waals surface area contributed by atoms with Gasteiger partial charge in [-0.3, -0.25) is 9.48 Å². The fourth-order valence-electron chi connectivity index (χ4n) is 2.16. The number of aromatic nitrogens is 2. The standard InChI is InChI=1S/C12H19ClN4O/c1-3-9-12(13)10(17(2)16-9)7-14-8-4-5-11(18)15-6-8/h8,14H,3-7H2,1-2H3,(H,15,18). The summed E-state index contributed by atoms with van der Waals surface area (Å²) in [6, 6.07) is 0.318. The van der Waals surface area contributed by atoms with Gasteiger partial charge in [0.2, 0.25) is 5.91 Å². The number of aryl methyl sites for hydroxylation is 2. The molecule has 100 valence electrons. The van der Waals surface area contributed by atoms with Crippen molar-refractivity contribution >= 4 is 17.5 Å². The quantitative estimate of drug-likeness (QED) is 0.858. The van der Waals surface area contributed by atoms with Gasteiger partial charge in [-0.05, 0) is 12.8 Å². The summed E-state index contributed by atoms with van der Waals surface area (Å²) in [5, 5.41) is 11.4. The van der Waals surface area contributed by atoms with Crippen LogP contribution in [0.3, 0.4) is 0 Å². The van der Waals surface area contributed by atoms with E-state index in [1.165, 1.54) is 0 Å². The molecule has 0 bridgehead atoms. The maximum atomic E-state index is 11.1. The number of amides is 1. The van der Waals surface area contributed by atoms with E-state index < -0.39 is 0 Å². The van der Waals surface area contributed by atoms with Crippen LogP contribution in [0, 0.1) is 0 Å². The molecule has 0 saturated carbocycles. The van der Waals surface area contributed by atoms with Gasteiger partial charge >= 0.3 is 0 Å². The second-order valence-corrected chi connectivity index (χ2v) is 4.98. The van der Waals surface area contributed by atoms with Crippen LogP contribution in [0.4, 0.5) is 0 Å². The van der Waals surface area contributed by atoms with Crippen LogP contribution in [-0.2, 0) is 24.8 Å². The zero-order chi connectivity index (χ0) is 13.1. The van der Waals surface area contributed by atoms with Gasteiger partial charge < -0.3 is 10.6 Å². The second-order valence-electron chi connectivity index (χ2n) is 4.61. The van der Waals surface area contributed by atoms with Crippen LogP contribution in [0.25, 0.3) is 0 Å². The third-order valence-electron chi connectivity index (χ3n) is 3.33. The van der Waals surface area contributed by atoms with Gasteiger partial charge in [-0.2, -0.15) is 5.10 Å². The molecule has 2 N–H and O–H groups in total. The highest BCUT2D eigenvalue weighted by Gasteiger charge is 2.19. The minimum absolute atomic E-state index is 0.139. The molecule has 0 radical (unpaired) electrons. The summed E-state index contributed by atoms with van der Waals surface area (Å²) < 4.78 is 1.83. The van der Waals surface area contributed by atoms with E-state index in [1.807, 2.05) is 18.7 Å². The van der Waals surface area contributed by atoms with E-state index in [0.29, 0.717) is 25.6 Å². The summed E-state index contributed by atoms with van der Waals surface area (Å²) in [7, 11) is 1.91. The molecule has 1 aromatic heterocycles. The largest absolute Gasteiger partial charge is 0.355 e. The summed E-state index contributed by atoms with van der Waals surface area (Å²) in [6.07, 6.45) is 2.31. The first-order chi connectivity index (χ1) is 8.61. The highest BCUT2D eigenvalue weighted by molar-refractivity contribution is 6.31. The van der Waals surface area contributed by atoms with Crippen LogP contribution in [0.5, 0.6) is 0 Å². The molecule has 1 unspecified atom stereocenters. The van der Waals surface area contributed by atoms with Crippen molar-refractivity contribution in [1.82, 2.24) is 20.4 Å². The summed E-state index contributed by atoms with van der Waals surface area (Å²) in [5.74, 6) is 0.139. The van der Waals surface area contributed by atoms with Crippen molar-refractivity contribution in [3.63, 3.8) is 0 Å². The lowest BCUT2D eigenvalue weighted by Crippen LogP contribution is -2.45. The molecule has 1 amide bonds. The number of rotatable bonds is 4. The lowest BCUT2D eigenvalue weighted by molar-refractivity contribution is -0.122. The first-order valence-corrected chi connectivity index (χ1v) is 6.70. The van der Waals surface area contributed by atoms with E-state index in [-0.39, 0.29) is 5.91 Å². The third-order valence-corrected chi connectivity index (χ3v) is 3.76. The topological polar surface area (TPSA) is 59.0 Å². The molecule has 1 aromatic rings. The minimum atomic E-state index is 0.139. The zero-order valence-corrected chi connectivity index (χ0v) is 11.5. The van der Waals surface area contributed by atoms with Crippen molar-refractivity contribution in [2.24, 2.45) is 7.05 Å². The molecular formula is C12H19ClN4O. The summed E-state index contributed by atoms with van der Waals surface area (Å²) in [5.41, 5.74) is 1.94. The van der Waals surface area contributed by atoms with Gasteiger partial charge in [-0.25, -0.2) is 0 Å². The van der Waals surface area contributed by atoms with Gasteiger partial charge in [0.1, 0.15) is 0 Å². The van der Waals surface area contributed by atoms with E-state index in [1.54, 1.807) is 0 Å². The highest BCUT2D eigenvalue weighted by atomic mass is 35.5. The lowest BCUT2D eigenvalue weighted by Gasteiger charge is -2.23. The fourth-order valence-corrected chi connectivity index (χ4v) is 2.52. The smallest absolute Gasteiger partial charge is 0.220 e. The Morgan fingerprint density at radius 2 is 2.39 bits per heavy atom. The molecule has 18 heavy (non-hydrogen) atoms. The van der Waals surface area contributed by atoms with Gasteiger partial charge in [-0.15, -0.1) is 0 Å². The van der Waals surface area contributed by atoms with Crippen molar-refractivity contribution in [2.45, 2.75) is 38.8 Å². The Morgan fingerprint density at radius 1 is 1.61 bits per heavy atom. The molecule has 5 nitrogen and oxygen atoms in total. The van der Waals surface area contributed by atoms with E-state index in [4.69, 9.17) is 11.6 Å². The molecule has 2 heterocycles. The Hall–Kier alpha value is -1.07. The van der Waals surface area contributed by atoms with Gasteiger partial charge in [0.25, 0.3) is 0 Å². The SMILES string of the molecule is CCc1nn(C)c(CNC2CCC(=O)NC2)c1Cl. The maximum Gasteiger partial charge on any atom is 0.220 e. The maximum absolute atomic E-state index is 11.1. The predicted molar refractivity (Wildman–Crippen MR) is 70.5 cm³/mol. The van der Waals surface area contributed by atoms with Crippen molar-refractivity contribution in [3.05, 3.63) is 16.4 Å². The Bertz CT molecular complexity index is 434. The number of hydrogen-bond donors (Lipinski definition) is 2. The molecular weight excluding hydrogens is 252 g/mol. The Balaban J connectivity index is 1.94. The number of nitrogens with one attached hydrogen (secondary N) is 2. The summed E-state index contributed by atoms with van der Waals surface area (Å²) in [4.78, 5) is 11.1. The predicted octanol–water partition coefficient (Wildman–Crippen LogP) is 1.00. The van der Waals surface area contributed by atoms with Crippen molar-refractivity contribution in [1.29, 1.82) is 0 Å². The molecule has 1 aliphatic rings. The minimum Gasteiger partial charge on any atom is -0.355 e. The first kappa shape index (κ1) is 13.4. The van der Waals surface area contributed by atoms with Crippen molar-refractivity contribution in [3.8, 4) is 0 Å². The van der Waals surface area contributed by atoms with E-state index in [9.17, 15) is 4.79 Å². The van der Waals surface area contributed by atoms with Crippen molar-refractivity contribution in [2.75, 3.05) is 6.54 Å². The van der Waals surface area contributed by atoms with E-state index >= 15 is 0 Å². The van der Waals surface area contributed by atoms with Crippen LogP contribution in [-0.4, -0.2) is 28.3 Å². The molecule has 1 saturated heterocycles. The highest BCUT2D eigenvalue weighted by Crippen LogP contribution is 2.20. The fraction of sp³-hybridized carbons (Fsp3) is 0.667.